The zero-order chi connectivity index (χ0) is 12.3. The molecule has 0 saturated carbocycles. The standard InChI is InChI=1S/C13H12BrFN2/c14-10-3-1-9(2-4-10)8-17-11-5-6-13(16)12(15)7-11/h1-7,17H,8,16H2. The first-order valence-electron chi connectivity index (χ1n) is 5.18. The minimum atomic E-state index is -0.397. The second kappa shape index (κ2) is 5.19. The second-order valence-electron chi connectivity index (χ2n) is 3.72. The van der Waals surface area contributed by atoms with Crippen LogP contribution in [0.3, 0.4) is 0 Å². The first kappa shape index (κ1) is 11.9. The molecule has 0 bridgehead atoms. The van der Waals surface area contributed by atoms with Gasteiger partial charge in [-0.25, -0.2) is 4.39 Å². The van der Waals surface area contributed by atoms with Crippen LogP contribution in [0, 0.1) is 5.82 Å². The molecule has 0 radical (unpaired) electrons. The number of halogens is 2. The number of nitrogens with two attached hydrogens (primary N) is 1. The van der Waals surface area contributed by atoms with Gasteiger partial charge < -0.3 is 11.1 Å². The van der Waals surface area contributed by atoms with Gasteiger partial charge in [0.25, 0.3) is 0 Å². The van der Waals surface area contributed by atoms with Crippen molar-refractivity contribution in [3.63, 3.8) is 0 Å². The van der Waals surface area contributed by atoms with E-state index in [1.165, 1.54) is 6.07 Å². The fraction of sp³-hybridized carbons (Fsp3) is 0.0769. The minimum absolute atomic E-state index is 0.166. The summed E-state index contributed by atoms with van der Waals surface area (Å²) in [6.07, 6.45) is 0. The van der Waals surface area contributed by atoms with E-state index in [0.717, 1.165) is 15.7 Å². The van der Waals surface area contributed by atoms with E-state index < -0.39 is 5.82 Å². The maximum Gasteiger partial charge on any atom is 0.148 e. The number of hydrogen-bond acceptors (Lipinski definition) is 2. The summed E-state index contributed by atoms with van der Waals surface area (Å²) in [7, 11) is 0. The van der Waals surface area contributed by atoms with Crippen molar-refractivity contribution in [3.8, 4) is 0 Å². The van der Waals surface area contributed by atoms with Crippen molar-refractivity contribution in [2.45, 2.75) is 6.54 Å². The Morgan fingerprint density at radius 3 is 2.47 bits per heavy atom. The highest BCUT2D eigenvalue weighted by Gasteiger charge is 1.99. The fourth-order valence-electron chi connectivity index (χ4n) is 1.44. The molecule has 2 nitrogen and oxygen atoms in total. The Kier molecular flexibility index (Phi) is 3.64. The Labute approximate surface area is 108 Å². The quantitative estimate of drug-likeness (QED) is 0.846. The van der Waals surface area contributed by atoms with E-state index >= 15 is 0 Å². The van der Waals surface area contributed by atoms with Gasteiger partial charge in [-0.15, -0.1) is 0 Å². The minimum Gasteiger partial charge on any atom is -0.396 e. The smallest absolute Gasteiger partial charge is 0.148 e. The first-order valence-corrected chi connectivity index (χ1v) is 5.98. The average Bonchev–Trinajstić information content (AvgIpc) is 2.33. The van der Waals surface area contributed by atoms with Crippen molar-refractivity contribution in [3.05, 3.63) is 58.3 Å². The van der Waals surface area contributed by atoms with Gasteiger partial charge in [0.05, 0.1) is 5.69 Å². The molecule has 0 atom stereocenters. The van der Waals surface area contributed by atoms with Crippen LogP contribution in [-0.2, 0) is 6.54 Å². The fourth-order valence-corrected chi connectivity index (χ4v) is 1.71. The van der Waals surface area contributed by atoms with Gasteiger partial charge in [-0.3, -0.25) is 0 Å². The SMILES string of the molecule is Nc1ccc(NCc2ccc(Br)cc2)cc1F. The molecule has 0 saturated heterocycles. The van der Waals surface area contributed by atoms with Gasteiger partial charge in [0, 0.05) is 16.7 Å². The Bertz CT molecular complexity index is 511. The third-order valence-electron chi connectivity index (χ3n) is 2.41. The molecule has 0 amide bonds. The highest BCUT2D eigenvalue weighted by Crippen LogP contribution is 2.17. The van der Waals surface area contributed by atoms with Crippen molar-refractivity contribution in [2.24, 2.45) is 0 Å². The predicted molar refractivity (Wildman–Crippen MR) is 72.3 cm³/mol. The van der Waals surface area contributed by atoms with Crippen LogP contribution in [0.15, 0.2) is 46.9 Å². The molecule has 0 spiro atoms. The molecule has 0 aromatic heterocycles. The number of rotatable bonds is 3. The van der Waals surface area contributed by atoms with Gasteiger partial charge in [0.15, 0.2) is 0 Å². The average molecular weight is 295 g/mol. The van der Waals surface area contributed by atoms with Crippen molar-refractivity contribution in [1.29, 1.82) is 0 Å². The Hall–Kier alpha value is -1.55. The molecule has 4 heteroatoms. The van der Waals surface area contributed by atoms with Gasteiger partial charge in [-0.05, 0) is 35.9 Å². The lowest BCUT2D eigenvalue weighted by Crippen LogP contribution is -2.00. The predicted octanol–water partition coefficient (Wildman–Crippen LogP) is 3.78. The topological polar surface area (TPSA) is 38.0 Å². The lowest BCUT2D eigenvalue weighted by molar-refractivity contribution is 0.633. The molecule has 0 unspecified atom stereocenters. The van der Waals surface area contributed by atoms with E-state index in [2.05, 4.69) is 21.2 Å². The molecule has 3 N–H and O–H groups in total. The molecule has 0 heterocycles. The molecule has 2 aromatic rings. The molecule has 88 valence electrons. The van der Waals surface area contributed by atoms with Gasteiger partial charge >= 0.3 is 0 Å². The summed E-state index contributed by atoms with van der Waals surface area (Å²) in [5, 5.41) is 3.14. The van der Waals surface area contributed by atoms with E-state index in [4.69, 9.17) is 5.73 Å². The summed E-state index contributed by atoms with van der Waals surface area (Å²) in [5.41, 5.74) is 7.42. The van der Waals surface area contributed by atoms with E-state index in [-0.39, 0.29) is 5.69 Å². The molecular weight excluding hydrogens is 283 g/mol. The highest BCUT2D eigenvalue weighted by atomic mass is 79.9. The summed E-state index contributed by atoms with van der Waals surface area (Å²) in [5.74, 6) is -0.397. The Balaban J connectivity index is 2.02. The van der Waals surface area contributed by atoms with E-state index in [1.54, 1.807) is 12.1 Å². The van der Waals surface area contributed by atoms with Gasteiger partial charge in [0.2, 0.25) is 0 Å². The Morgan fingerprint density at radius 2 is 1.82 bits per heavy atom. The van der Waals surface area contributed by atoms with Crippen molar-refractivity contribution in [1.82, 2.24) is 0 Å². The van der Waals surface area contributed by atoms with Crippen molar-refractivity contribution >= 4 is 27.3 Å². The van der Waals surface area contributed by atoms with E-state index in [0.29, 0.717) is 6.54 Å². The number of nitrogen functional groups attached to an aromatic ring is 1. The number of hydrogen-bond donors (Lipinski definition) is 2. The lowest BCUT2D eigenvalue weighted by atomic mass is 10.2. The zero-order valence-electron chi connectivity index (χ0n) is 9.08. The summed E-state index contributed by atoms with van der Waals surface area (Å²) in [4.78, 5) is 0. The third-order valence-corrected chi connectivity index (χ3v) is 2.94. The lowest BCUT2D eigenvalue weighted by Gasteiger charge is -2.07. The van der Waals surface area contributed by atoms with E-state index in [1.807, 2.05) is 24.3 Å². The monoisotopic (exact) mass is 294 g/mol. The largest absolute Gasteiger partial charge is 0.396 e. The molecule has 0 aliphatic rings. The summed E-state index contributed by atoms with van der Waals surface area (Å²) in [6.45, 7) is 0.649. The first-order chi connectivity index (χ1) is 8.15. The number of anilines is 2. The highest BCUT2D eigenvalue weighted by molar-refractivity contribution is 9.10. The normalized spacial score (nSPS) is 10.2. The van der Waals surface area contributed by atoms with Crippen LogP contribution in [-0.4, -0.2) is 0 Å². The summed E-state index contributed by atoms with van der Waals surface area (Å²) >= 11 is 3.38. The maximum atomic E-state index is 13.2. The number of nitrogens with one attached hydrogen (secondary N) is 1. The van der Waals surface area contributed by atoms with Crippen LogP contribution >= 0.6 is 15.9 Å². The molecule has 0 aliphatic heterocycles. The molecule has 17 heavy (non-hydrogen) atoms. The van der Waals surface area contributed by atoms with Gasteiger partial charge in [0.1, 0.15) is 5.82 Å². The number of benzene rings is 2. The van der Waals surface area contributed by atoms with Crippen molar-refractivity contribution in [2.75, 3.05) is 11.1 Å². The second-order valence-corrected chi connectivity index (χ2v) is 4.63. The molecule has 0 aliphatic carbocycles. The summed E-state index contributed by atoms with van der Waals surface area (Å²) in [6, 6.07) is 12.7. The van der Waals surface area contributed by atoms with Crippen LogP contribution in [0.4, 0.5) is 15.8 Å². The summed E-state index contributed by atoms with van der Waals surface area (Å²) < 4.78 is 14.2. The molecule has 2 rings (SSSR count). The molecule has 0 fully saturated rings. The van der Waals surface area contributed by atoms with Crippen LogP contribution in [0.1, 0.15) is 5.56 Å². The molecule has 2 aromatic carbocycles. The van der Waals surface area contributed by atoms with Crippen LogP contribution in [0.2, 0.25) is 0 Å². The van der Waals surface area contributed by atoms with Crippen LogP contribution < -0.4 is 11.1 Å². The molecular formula is C13H12BrFN2. The van der Waals surface area contributed by atoms with Gasteiger partial charge in [-0.1, -0.05) is 28.1 Å². The van der Waals surface area contributed by atoms with Gasteiger partial charge in [-0.2, -0.15) is 0 Å². The van der Waals surface area contributed by atoms with Crippen molar-refractivity contribution < 1.29 is 4.39 Å². The zero-order valence-corrected chi connectivity index (χ0v) is 10.7. The van der Waals surface area contributed by atoms with Crippen LogP contribution in [0.25, 0.3) is 0 Å². The van der Waals surface area contributed by atoms with Crippen LogP contribution in [0.5, 0.6) is 0 Å². The maximum absolute atomic E-state index is 13.2. The van der Waals surface area contributed by atoms with E-state index in [9.17, 15) is 4.39 Å². The Morgan fingerprint density at radius 1 is 1.12 bits per heavy atom. The third kappa shape index (κ3) is 3.20.